The van der Waals surface area contributed by atoms with Gasteiger partial charge in [0.15, 0.2) is 11.5 Å². The van der Waals surface area contributed by atoms with Crippen LogP contribution in [0.3, 0.4) is 0 Å². The van der Waals surface area contributed by atoms with Crippen LogP contribution in [0.4, 0.5) is 0 Å². The normalized spacial score (nSPS) is 15.6. The van der Waals surface area contributed by atoms with Crippen LogP contribution in [0.1, 0.15) is 24.0 Å². The molecule has 3 heterocycles. The standard InChI is InChI=1S/C33H40N4O9S/c1-44-25-9-8-22-19-29(38)36(15-10-23(22)18-25)24-11-13-34(14-12-24)30(39)21-35-20-27(26-6-5-7-28(45-2)31(26)46-3)32(40)37(33(35)41)16-17-47(4,42)43/h5-9,18,20,24H,10-17,19,21H2,1-4H3. The molecule has 1 aromatic heterocycles. The molecule has 2 aromatic carbocycles. The minimum absolute atomic E-state index is 0.0180. The Kier molecular flexibility index (Phi) is 10.1. The van der Waals surface area contributed by atoms with Crippen LogP contribution in [0.2, 0.25) is 0 Å². The fourth-order valence-electron chi connectivity index (χ4n) is 6.33. The third-order valence-electron chi connectivity index (χ3n) is 8.88. The molecule has 0 saturated carbocycles. The summed E-state index contributed by atoms with van der Waals surface area (Å²) in [6.07, 6.45) is 4.55. The number of benzene rings is 2. The smallest absolute Gasteiger partial charge is 0.331 e. The number of hydrogen-bond acceptors (Lipinski definition) is 9. The van der Waals surface area contributed by atoms with Gasteiger partial charge in [-0.1, -0.05) is 18.2 Å². The van der Waals surface area contributed by atoms with Crippen molar-refractivity contribution >= 4 is 21.7 Å². The maximum absolute atomic E-state index is 13.6. The van der Waals surface area contributed by atoms with Gasteiger partial charge < -0.3 is 24.0 Å². The Hall–Kier alpha value is -4.59. The zero-order valence-electron chi connectivity index (χ0n) is 27.1. The molecule has 0 unspecified atom stereocenters. The summed E-state index contributed by atoms with van der Waals surface area (Å²) in [5.74, 6) is 0.666. The van der Waals surface area contributed by atoms with Gasteiger partial charge in [0.1, 0.15) is 22.1 Å². The topological polar surface area (TPSA) is 146 Å². The average molecular weight is 669 g/mol. The van der Waals surface area contributed by atoms with Crippen molar-refractivity contribution in [2.45, 2.75) is 44.8 Å². The second-order valence-electron chi connectivity index (χ2n) is 11.8. The third kappa shape index (κ3) is 7.37. The summed E-state index contributed by atoms with van der Waals surface area (Å²) >= 11 is 0. The molecule has 0 atom stereocenters. The van der Waals surface area contributed by atoms with E-state index in [0.29, 0.717) is 50.2 Å². The van der Waals surface area contributed by atoms with Gasteiger partial charge in [-0.15, -0.1) is 0 Å². The van der Waals surface area contributed by atoms with Crippen molar-refractivity contribution in [3.63, 3.8) is 0 Å². The molecule has 3 aromatic rings. The third-order valence-corrected chi connectivity index (χ3v) is 9.80. The highest BCUT2D eigenvalue weighted by Crippen LogP contribution is 2.36. The van der Waals surface area contributed by atoms with Gasteiger partial charge >= 0.3 is 5.69 Å². The van der Waals surface area contributed by atoms with E-state index in [0.717, 1.165) is 38.7 Å². The van der Waals surface area contributed by atoms with Crippen LogP contribution < -0.4 is 25.5 Å². The second-order valence-corrected chi connectivity index (χ2v) is 14.1. The Morgan fingerprint density at radius 1 is 0.915 bits per heavy atom. The van der Waals surface area contributed by atoms with Crippen LogP contribution in [-0.4, -0.2) is 98.2 Å². The lowest BCUT2D eigenvalue weighted by molar-refractivity contribution is -0.136. The van der Waals surface area contributed by atoms with Crippen molar-refractivity contribution < 1.29 is 32.2 Å². The number of nitrogens with zero attached hydrogens (tertiary/aromatic N) is 4. The van der Waals surface area contributed by atoms with Gasteiger partial charge in [-0.25, -0.2) is 13.2 Å². The summed E-state index contributed by atoms with van der Waals surface area (Å²) in [5.41, 5.74) is 0.979. The number of rotatable bonds is 10. The fourth-order valence-corrected chi connectivity index (χ4v) is 6.84. The molecule has 1 fully saturated rings. The Morgan fingerprint density at radius 3 is 2.32 bits per heavy atom. The molecule has 0 spiro atoms. The number of aromatic nitrogens is 2. The summed E-state index contributed by atoms with van der Waals surface area (Å²) < 4.78 is 42.1. The van der Waals surface area contributed by atoms with E-state index >= 15 is 0 Å². The minimum Gasteiger partial charge on any atom is -0.497 e. The van der Waals surface area contributed by atoms with Crippen molar-refractivity contribution in [1.82, 2.24) is 18.9 Å². The van der Waals surface area contributed by atoms with E-state index in [4.69, 9.17) is 14.2 Å². The molecular weight excluding hydrogens is 628 g/mol. The highest BCUT2D eigenvalue weighted by atomic mass is 32.2. The van der Waals surface area contributed by atoms with Crippen molar-refractivity contribution in [2.24, 2.45) is 0 Å². The van der Waals surface area contributed by atoms with Crippen LogP contribution >= 0.6 is 0 Å². The van der Waals surface area contributed by atoms with Crippen molar-refractivity contribution in [3.05, 3.63) is 74.6 Å². The number of para-hydroxylation sites is 1. The lowest BCUT2D eigenvalue weighted by Crippen LogP contribution is -2.50. The number of ether oxygens (including phenoxy) is 3. The lowest BCUT2D eigenvalue weighted by Gasteiger charge is -2.38. The molecular formula is C33H40N4O9S. The first kappa shape index (κ1) is 33.8. The van der Waals surface area contributed by atoms with E-state index in [1.807, 2.05) is 23.1 Å². The number of carbonyl (C=O) groups is 2. The molecule has 0 radical (unpaired) electrons. The number of sulfone groups is 1. The largest absolute Gasteiger partial charge is 0.497 e. The SMILES string of the molecule is COc1ccc2c(c1)CCN(C1CCN(C(=O)Cn3cc(-c4cccc(OC)c4OC)c(=O)n(CCS(C)(=O)=O)c3=O)CC1)C(=O)C2. The van der Waals surface area contributed by atoms with Crippen molar-refractivity contribution in [2.75, 3.05) is 53.0 Å². The molecule has 5 rings (SSSR count). The van der Waals surface area contributed by atoms with Crippen LogP contribution in [0.5, 0.6) is 17.2 Å². The number of fused-ring (bicyclic) bond motifs is 1. The van der Waals surface area contributed by atoms with E-state index in [1.165, 1.54) is 20.4 Å². The number of carbonyl (C=O) groups excluding carboxylic acids is 2. The molecule has 2 aliphatic heterocycles. The van der Waals surface area contributed by atoms with Gasteiger partial charge in [0.05, 0.1) is 39.1 Å². The van der Waals surface area contributed by atoms with Crippen molar-refractivity contribution in [3.8, 4) is 28.4 Å². The fraction of sp³-hybridized carbons (Fsp3) is 0.455. The minimum atomic E-state index is -3.51. The summed E-state index contributed by atoms with van der Waals surface area (Å²) in [5, 5.41) is 0. The predicted molar refractivity (Wildman–Crippen MR) is 175 cm³/mol. The highest BCUT2D eigenvalue weighted by Gasteiger charge is 2.32. The van der Waals surface area contributed by atoms with Gasteiger partial charge in [0.25, 0.3) is 5.56 Å². The zero-order chi connectivity index (χ0) is 33.9. The number of piperidine rings is 1. The van der Waals surface area contributed by atoms with Crippen LogP contribution in [-0.2, 0) is 45.4 Å². The van der Waals surface area contributed by atoms with E-state index in [-0.39, 0.29) is 42.3 Å². The van der Waals surface area contributed by atoms with Gasteiger partial charge in [-0.3, -0.25) is 23.5 Å². The number of hydrogen-bond donors (Lipinski definition) is 0. The Bertz CT molecular complexity index is 1890. The zero-order valence-corrected chi connectivity index (χ0v) is 27.9. The van der Waals surface area contributed by atoms with Gasteiger partial charge in [-0.2, -0.15) is 0 Å². The number of amides is 2. The molecule has 14 heteroatoms. The van der Waals surface area contributed by atoms with Gasteiger partial charge in [0, 0.05) is 50.2 Å². The van der Waals surface area contributed by atoms with E-state index in [1.54, 1.807) is 30.2 Å². The molecule has 2 amide bonds. The van der Waals surface area contributed by atoms with Crippen molar-refractivity contribution in [1.29, 1.82) is 0 Å². The summed E-state index contributed by atoms with van der Waals surface area (Å²) in [7, 11) is 0.979. The molecule has 0 bridgehead atoms. The first-order chi connectivity index (χ1) is 22.4. The molecule has 13 nitrogen and oxygen atoms in total. The molecule has 47 heavy (non-hydrogen) atoms. The van der Waals surface area contributed by atoms with E-state index in [9.17, 15) is 27.6 Å². The maximum Gasteiger partial charge on any atom is 0.331 e. The van der Waals surface area contributed by atoms with E-state index < -0.39 is 26.8 Å². The maximum atomic E-state index is 13.6. The van der Waals surface area contributed by atoms with E-state index in [2.05, 4.69) is 0 Å². The summed E-state index contributed by atoms with van der Waals surface area (Å²) in [4.78, 5) is 57.4. The highest BCUT2D eigenvalue weighted by molar-refractivity contribution is 7.90. The average Bonchev–Trinajstić information content (AvgIpc) is 3.22. The predicted octanol–water partition coefficient (Wildman–Crippen LogP) is 1.37. The Labute approximate surface area is 273 Å². The summed E-state index contributed by atoms with van der Waals surface area (Å²) in [6.45, 7) is 0.636. The number of likely N-dealkylation sites (tertiary alicyclic amines) is 1. The molecule has 1 saturated heterocycles. The molecule has 0 N–H and O–H groups in total. The van der Waals surface area contributed by atoms with Crippen LogP contribution in [0, 0.1) is 0 Å². The Balaban J connectivity index is 1.35. The first-order valence-corrected chi connectivity index (χ1v) is 17.5. The molecule has 252 valence electrons. The monoisotopic (exact) mass is 668 g/mol. The quantitative estimate of drug-likeness (QED) is 0.313. The number of methoxy groups -OCH3 is 3. The first-order valence-electron chi connectivity index (χ1n) is 15.4. The lowest BCUT2D eigenvalue weighted by atomic mass is 10.0. The second kappa shape index (κ2) is 14.0. The molecule has 0 aliphatic carbocycles. The molecule has 2 aliphatic rings. The summed E-state index contributed by atoms with van der Waals surface area (Å²) in [6, 6.07) is 10.7. The van der Waals surface area contributed by atoms with Gasteiger partial charge in [0.2, 0.25) is 11.8 Å². The van der Waals surface area contributed by atoms with Crippen LogP contribution in [0.25, 0.3) is 11.1 Å². The Morgan fingerprint density at radius 2 is 1.66 bits per heavy atom. The van der Waals surface area contributed by atoms with Gasteiger partial charge in [-0.05, 0) is 48.6 Å². The van der Waals surface area contributed by atoms with Crippen LogP contribution in [0.15, 0.2) is 52.2 Å².